The van der Waals surface area contributed by atoms with Crippen LogP contribution in [0.25, 0.3) is 10.9 Å². The molecule has 2 heterocycles. The monoisotopic (exact) mass is 200 g/mol. The minimum Gasteiger partial charge on any atom is -0.304 e. The van der Waals surface area contributed by atoms with E-state index < -0.39 is 0 Å². The molecular formula is C12H12N2O. The first kappa shape index (κ1) is 8.68. The predicted octanol–water partition coefficient (Wildman–Crippen LogP) is 1.69. The highest BCUT2D eigenvalue weighted by atomic mass is 16.2. The quantitative estimate of drug-likeness (QED) is 0.702. The van der Waals surface area contributed by atoms with Crippen molar-refractivity contribution in [2.75, 3.05) is 6.54 Å². The van der Waals surface area contributed by atoms with Crippen molar-refractivity contribution in [3.63, 3.8) is 0 Å². The van der Waals surface area contributed by atoms with E-state index >= 15 is 0 Å². The molecule has 0 saturated carbocycles. The Morgan fingerprint density at radius 3 is 3.00 bits per heavy atom. The van der Waals surface area contributed by atoms with Crippen LogP contribution in [0.2, 0.25) is 0 Å². The van der Waals surface area contributed by atoms with Crippen LogP contribution in [-0.4, -0.2) is 17.0 Å². The summed E-state index contributed by atoms with van der Waals surface area (Å²) >= 11 is 0. The molecule has 0 amide bonds. The van der Waals surface area contributed by atoms with Crippen LogP contribution in [0.1, 0.15) is 15.9 Å². The van der Waals surface area contributed by atoms with Crippen molar-refractivity contribution in [1.29, 1.82) is 0 Å². The molecule has 0 unspecified atom stereocenters. The fourth-order valence-electron chi connectivity index (χ4n) is 2.21. The third-order valence-electron chi connectivity index (χ3n) is 3.01. The van der Waals surface area contributed by atoms with Gasteiger partial charge in [-0.3, -0.25) is 9.36 Å². The van der Waals surface area contributed by atoms with Crippen LogP contribution in [0, 0.1) is 6.92 Å². The van der Waals surface area contributed by atoms with E-state index in [1.54, 1.807) is 4.57 Å². The van der Waals surface area contributed by atoms with E-state index in [1.807, 2.05) is 12.3 Å². The van der Waals surface area contributed by atoms with Gasteiger partial charge in [-0.2, -0.15) is 0 Å². The molecule has 1 N–H and O–H groups in total. The van der Waals surface area contributed by atoms with E-state index in [1.165, 1.54) is 16.5 Å². The van der Waals surface area contributed by atoms with Gasteiger partial charge in [-0.05, 0) is 24.1 Å². The predicted molar refractivity (Wildman–Crippen MR) is 59.0 cm³/mol. The Bertz CT molecular complexity index is 554. The van der Waals surface area contributed by atoms with E-state index in [-0.39, 0.29) is 5.91 Å². The van der Waals surface area contributed by atoms with E-state index in [0.717, 1.165) is 12.1 Å². The fraction of sp³-hybridized carbons (Fsp3) is 0.250. The Labute approximate surface area is 87.7 Å². The van der Waals surface area contributed by atoms with E-state index in [4.69, 9.17) is 0 Å². The first-order valence-corrected chi connectivity index (χ1v) is 5.11. The summed E-state index contributed by atoms with van der Waals surface area (Å²) in [6, 6.07) is 6.23. The second-order valence-corrected chi connectivity index (χ2v) is 3.99. The van der Waals surface area contributed by atoms with Gasteiger partial charge in [-0.25, -0.2) is 0 Å². The Morgan fingerprint density at radius 1 is 1.27 bits per heavy atom. The van der Waals surface area contributed by atoms with Gasteiger partial charge < -0.3 is 5.32 Å². The summed E-state index contributed by atoms with van der Waals surface area (Å²) in [5, 5.41) is 4.32. The minimum atomic E-state index is 0.120. The molecule has 1 aromatic carbocycles. The van der Waals surface area contributed by atoms with Gasteiger partial charge in [0.05, 0.1) is 12.1 Å². The van der Waals surface area contributed by atoms with Crippen LogP contribution < -0.4 is 5.32 Å². The number of nitrogens with zero attached hydrogens (tertiary/aromatic N) is 1. The van der Waals surface area contributed by atoms with Gasteiger partial charge in [0.1, 0.15) is 0 Å². The lowest BCUT2D eigenvalue weighted by molar-refractivity contribution is 0.0920. The molecule has 1 aliphatic rings. The molecule has 0 spiro atoms. The molecule has 15 heavy (non-hydrogen) atoms. The van der Waals surface area contributed by atoms with E-state index in [0.29, 0.717) is 6.54 Å². The second kappa shape index (κ2) is 2.94. The van der Waals surface area contributed by atoms with Crippen molar-refractivity contribution in [3.8, 4) is 0 Å². The van der Waals surface area contributed by atoms with E-state index in [9.17, 15) is 4.79 Å². The number of carbonyl (C=O) groups excluding carboxylic acids is 1. The maximum Gasteiger partial charge on any atom is 0.245 e. The summed E-state index contributed by atoms with van der Waals surface area (Å²) in [6.45, 7) is 3.26. The number of carbonyl (C=O) groups is 1. The van der Waals surface area contributed by atoms with Gasteiger partial charge >= 0.3 is 0 Å². The molecule has 0 fully saturated rings. The van der Waals surface area contributed by atoms with Gasteiger partial charge in [-0.1, -0.05) is 12.1 Å². The van der Waals surface area contributed by atoms with Crippen molar-refractivity contribution in [1.82, 2.24) is 9.88 Å². The van der Waals surface area contributed by atoms with Crippen molar-refractivity contribution < 1.29 is 4.79 Å². The molecule has 0 bridgehead atoms. The Morgan fingerprint density at radius 2 is 2.13 bits per heavy atom. The van der Waals surface area contributed by atoms with Crippen LogP contribution in [0.4, 0.5) is 0 Å². The molecule has 1 aromatic heterocycles. The topological polar surface area (TPSA) is 34.0 Å². The smallest absolute Gasteiger partial charge is 0.245 e. The highest BCUT2D eigenvalue weighted by Crippen LogP contribution is 2.24. The van der Waals surface area contributed by atoms with Crippen molar-refractivity contribution in [2.45, 2.75) is 13.5 Å². The molecule has 0 saturated heterocycles. The van der Waals surface area contributed by atoms with Gasteiger partial charge in [0.15, 0.2) is 0 Å². The van der Waals surface area contributed by atoms with Gasteiger partial charge in [0.25, 0.3) is 0 Å². The molecule has 3 nitrogen and oxygen atoms in total. The summed E-state index contributed by atoms with van der Waals surface area (Å²) in [5.41, 5.74) is 3.50. The number of aromatic nitrogens is 1. The third-order valence-corrected chi connectivity index (χ3v) is 3.01. The van der Waals surface area contributed by atoms with Crippen molar-refractivity contribution >= 4 is 16.8 Å². The van der Waals surface area contributed by atoms with Gasteiger partial charge in [-0.15, -0.1) is 0 Å². The summed E-state index contributed by atoms with van der Waals surface area (Å²) in [7, 11) is 0. The minimum absolute atomic E-state index is 0.120. The number of nitrogens with one attached hydrogen (secondary N) is 1. The number of benzene rings is 1. The molecule has 0 aliphatic carbocycles. The normalized spacial score (nSPS) is 15.7. The SMILES string of the molecule is Cc1ccc2c3c1ccn3C(=O)CNC2. The maximum atomic E-state index is 11.8. The molecule has 76 valence electrons. The first-order chi connectivity index (χ1) is 7.27. The average molecular weight is 200 g/mol. The molecule has 3 heteroatoms. The molecule has 1 aliphatic heterocycles. The summed E-state index contributed by atoms with van der Waals surface area (Å²) < 4.78 is 1.76. The zero-order valence-corrected chi connectivity index (χ0v) is 8.58. The van der Waals surface area contributed by atoms with Crippen molar-refractivity contribution in [3.05, 3.63) is 35.5 Å². The standard InChI is InChI=1S/C12H12N2O/c1-8-2-3-9-6-13-7-11(15)14-5-4-10(8)12(9)14/h2-5,13H,6-7H2,1H3. The largest absolute Gasteiger partial charge is 0.304 e. The number of rotatable bonds is 0. The van der Waals surface area contributed by atoms with Crippen LogP contribution in [-0.2, 0) is 6.54 Å². The summed E-state index contributed by atoms with van der Waals surface area (Å²) in [5.74, 6) is 0.120. The van der Waals surface area contributed by atoms with Crippen LogP contribution >= 0.6 is 0 Å². The molecule has 3 rings (SSSR count). The lowest BCUT2D eigenvalue weighted by Gasteiger charge is -2.04. The Hall–Kier alpha value is -1.61. The summed E-state index contributed by atoms with van der Waals surface area (Å²) in [4.78, 5) is 11.8. The highest BCUT2D eigenvalue weighted by molar-refractivity contribution is 5.97. The Balaban J connectivity index is 2.45. The van der Waals surface area contributed by atoms with E-state index in [2.05, 4.69) is 24.4 Å². The van der Waals surface area contributed by atoms with Crippen LogP contribution in [0.15, 0.2) is 24.4 Å². The summed E-state index contributed by atoms with van der Waals surface area (Å²) in [6.07, 6.45) is 1.87. The van der Waals surface area contributed by atoms with Gasteiger partial charge in [0, 0.05) is 18.1 Å². The first-order valence-electron chi connectivity index (χ1n) is 5.11. The fourth-order valence-corrected chi connectivity index (χ4v) is 2.21. The number of aryl methyl sites for hydroxylation is 1. The van der Waals surface area contributed by atoms with Crippen LogP contribution in [0.5, 0.6) is 0 Å². The zero-order valence-electron chi connectivity index (χ0n) is 8.58. The van der Waals surface area contributed by atoms with Crippen LogP contribution in [0.3, 0.4) is 0 Å². The molecule has 0 atom stereocenters. The lowest BCUT2D eigenvalue weighted by Crippen LogP contribution is -2.23. The number of hydrogen-bond acceptors (Lipinski definition) is 2. The number of hydrogen-bond donors (Lipinski definition) is 1. The third kappa shape index (κ3) is 1.13. The van der Waals surface area contributed by atoms with Gasteiger partial charge in [0.2, 0.25) is 5.91 Å². The van der Waals surface area contributed by atoms with Crippen molar-refractivity contribution in [2.24, 2.45) is 0 Å². The second-order valence-electron chi connectivity index (χ2n) is 3.99. The highest BCUT2D eigenvalue weighted by Gasteiger charge is 2.16. The molecular weight excluding hydrogens is 188 g/mol. The maximum absolute atomic E-state index is 11.8. The average Bonchev–Trinajstić information content (AvgIpc) is 2.60. The lowest BCUT2D eigenvalue weighted by atomic mass is 10.1. The molecule has 2 aromatic rings. The zero-order chi connectivity index (χ0) is 10.4. The Kier molecular flexibility index (Phi) is 1.70. The molecule has 0 radical (unpaired) electrons.